The zero-order chi connectivity index (χ0) is 14.5. The molecule has 0 aromatic carbocycles. The first kappa shape index (κ1) is 16.2. The van der Waals surface area contributed by atoms with E-state index in [1.165, 1.54) is 16.4 Å². The second-order valence-corrected chi connectivity index (χ2v) is 6.39. The number of aliphatic hydroxyl groups is 1. The van der Waals surface area contributed by atoms with E-state index in [2.05, 4.69) is 13.8 Å². The van der Waals surface area contributed by atoms with Crippen LogP contribution >= 0.6 is 0 Å². The Morgan fingerprint density at radius 3 is 2.32 bits per heavy atom. The Balaban J connectivity index is 2.95. The largest absolute Gasteiger partial charge is 0.446 e. The minimum atomic E-state index is -3.60. The molecule has 0 radical (unpaired) electrons. The van der Waals surface area contributed by atoms with Gasteiger partial charge in [0.2, 0.25) is 5.09 Å². The standard InChI is InChI=1S/C13H23NO4S/c1-4-11(5-2)9-14(6-3)19(16,17)13-8-7-12(10-15)18-13/h7-8,11,15H,4-6,9-10H2,1-3H3. The monoisotopic (exact) mass is 289 g/mol. The van der Waals surface area contributed by atoms with Crippen LogP contribution < -0.4 is 0 Å². The van der Waals surface area contributed by atoms with Crippen molar-refractivity contribution in [3.63, 3.8) is 0 Å². The molecule has 1 heterocycles. The van der Waals surface area contributed by atoms with E-state index >= 15 is 0 Å². The van der Waals surface area contributed by atoms with Crippen molar-refractivity contribution in [2.75, 3.05) is 13.1 Å². The lowest BCUT2D eigenvalue weighted by Gasteiger charge is -2.23. The first-order valence-corrected chi connectivity index (χ1v) is 8.13. The summed E-state index contributed by atoms with van der Waals surface area (Å²) in [6.07, 6.45) is 1.89. The van der Waals surface area contributed by atoms with Gasteiger partial charge in [0.1, 0.15) is 12.4 Å². The van der Waals surface area contributed by atoms with Gasteiger partial charge in [-0.3, -0.25) is 0 Å². The number of nitrogens with zero attached hydrogens (tertiary/aromatic N) is 1. The molecule has 0 aliphatic rings. The maximum absolute atomic E-state index is 12.4. The molecule has 0 fully saturated rings. The lowest BCUT2D eigenvalue weighted by molar-refractivity contribution is 0.234. The number of aliphatic hydroxyl groups excluding tert-OH is 1. The average Bonchev–Trinajstić information content (AvgIpc) is 2.89. The zero-order valence-electron chi connectivity index (χ0n) is 11.8. The molecule has 0 saturated heterocycles. The van der Waals surface area contributed by atoms with Gasteiger partial charge in [-0.05, 0) is 18.1 Å². The van der Waals surface area contributed by atoms with E-state index in [0.29, 0.717) is 19.0 Å². The maximum atomic E-state index is 12.4. The van der Waals surface area contributed by atoms with Crippen LogP contribution in [0.3, 0.4) is 0 Å². The molecule has 0 spiro atoms. The normalized spacial score (nSPS) is 12.5. The predicted octanol–water partition coefficient (Wildman–Crippen LogP) is 2.22. The van der Waals surface area contributed by atoms with E-state index in [1.807, 2.05) is 6.92 Å². The first-order valence-electron chi connectivity index (χ1n) is 6.69. The molecule has 0 atom stereocenters. The highest BCUT2D eigenvalue weighted by molar-refractivity contribution is 7.89. The third kappa shape index (κ3) is 3.81. The Labute approximate surface area is 115 Å². The van der Waals surface area contributed by atoms with E-state index in [-0.39, 0.29) is 17.5 Å². The van der Waals surface area contributed by atoms with Crippen LogP contribution in [-0.2, 0) is 16.6 Å². The van der Waals surface area contributed by atoms with E-state index in [4.69, 9.17) is 9.52 Å². The van der Waals surface area contributed by atoms with Crippen LogP contribution in [0.4, 0.5) is 0 Å². The third-order valence-electron chi connectivity index (χ3n) is 3.36. The summed E-state index contributed by atoms with van der Waals surface area (Å²) in [7, 11) is -3.60. The minimum absolute atomic E-state index is 0.0932. The lowest BCUT2D eigenvalue weighted by Crippen LogP contribution is -2.34. The van der Waals surface area contributed by atoms with Gasteiger partial charge in [0.05, 0.1) is 0 Å². The fourth-order valence-corrected chi connectivity index (χ4v) is 3.39. The van der Waals surface area contributed by atoms with Crippen molar-refractivity contribution in [3.8, 4) is 0 Å². The zero-order valence-corrected chi connectivity index (χ0v) is 12.6. The predicted molar refractivity (Wildman–Crippen MR) is 73.1 cm³/mol. The smallest absolute Gasteiger partial charge is 0.276 e. The highest BCUT2D eigenvalue weighted by Gasteiger charge is 2.27. The van der Waals surface area contributed by atoms with Gasteiger partial charge in [-0.1, -0.05) is 33.6 Å². The number of furan rings is 1. The van der Waals surface area contributed by atoms with Gasteiger partial charge in [-0.2, -0.15) is 4.31 Å². The Kier molecular flexibility index (Phi) is 6.03. The van der Waals surface area contributed by atoms with E-state index in [0.717, 1.165) is 12.8 Å². The van der Waals surface area contributed by atoms with Crippen LogP contribution in [0.15, 0.2) is 21.6 Å². The Hall–Kier alpha value is -0.850. The van der Waals surface area contributed by atoms with E-state index in [1.54, 1.807) is 0 Å². The van der Waals surface area contributed by atoms with Crippen LogP contribution in [0.1, 0.15) is 39.4 Å². The van der Waals surface area contributed by atoms with E-state index < -0.39 is 10.0 Å². The van der Waals surface area contributed by atoms with Gasteiger partial charge >= 0.3 is 0 Å². The van der Waals surface area contributed by atoms with Crippen molar-refractivity contribution < 1.29 is 17.9 Å². The van der Waals surface area contributed by atoms with Crippen molar-refractivity contribution in [1.82, 2.24) is 4.31 Å². The maximum Gasteiger partial charge on any atom is 0.276 e. The van der Waals surface area contributed by atoms with Gasteiger partial charge in [-0.15, -0.1) is 0 Å². The highest BCUT2D eigenvalue weighted by atomic mass is 32.2. The summed E-state index contributed by atoms with van der Waals surface area (Å²) in [5, 5.41) is 8.84. The molecule has 1 N–H and O–H groups in total. The number of sulfonamides is 1. The average molecular weight is 289 g/mol. The fourth-order valence-electron chi connectivity index (χ4n) is 1.94. The molecule has 0 bridgehead atoms. The first-order chi connectivity index (χ1) is 8.99. The molecule has 0 unspecified atom stereocenters. The minimum Gasteiger partial charge on any atom is -0.446 e. The fraction of sp³-hybridized carbons (Fsp3) is 0.692. The number of rotatable bonds is 8. The molecule has 5 nitrogen and oxygen atoms in total. The molecular formula is C13H23NO4S. The van der Waals surface area contributed by atoms with Crippen LogP contribution in [0.25, 0.3) is 0 Å². The van der Waals surface area contributed by atoms with Crippen LogP contribution in [0.2, 0.25) is 0 Å². The van der Waals surface area contributed by atoms with Gasteiger partial charge in [0.25, 0.3) is 10.0 Å². The molecule has 6 heteroatoms. The van der Waals surface area contributed by atoms with Crippen molar-refractivity contribution in [1.29, 1.82) is 0 Å². The quantitative estimate of drug-likeness (QED) is 0.796. The van der Waals surface area contributed by atoms with Crippen molar-refractivity contribution in [2.24, 2.45) is 5.92 Å². The Morgan fingerprint density at radius 1 is 1.26 bits per heavy atom. The summed E-state index contributed by atoms with van der Waals surface area (Å²) in [6, 6.07) is 2.88. The number of hydrogen-bond acceptors (Lipinski definition) is 4. The lowest BCUT2D eigenvalue weighted by atomic mass is 10.0. The molecular weight excluding hydrogens is 266 g/mol. The summed E-state index contributed by atoms with van der Waals surface area (Å²) in [4.78, 5) is 0. The molecule has 1 rings (SSSR count). The highest BCUT2D eigenvalue weighted by Crippen LogP contribution is 2.21. The number of hydrogen-bond donors (Lipinski definition) is 1. The molecule has 0 aliphatic carbocycles. The Morgan fingerprint density at radius 2 is 1.89 bits per heavy atom. The molecule has 0 saturated carbocycles. The van der Waals surface area contributed by atoms with E-state index in [9.17, 15) is 8.42 Å². The molecule has 19 heavy (non-hydrogen) atoms. The van der Waals surface area contributed by atoms with Gasteiger partial charge in [-0.25, -0.2) is 8.42 Å². The molecule has 0 aliphatic heterocycles. The molecule has 110 valence electrons. The van der Waals surface area contributed by atoms with Crippen molar-refractivity contribution in [3.05, 3.63) is 17.9 Å². The van der Waals surface area contributed by atoms with Crippen molar-refractivity contribution >= 4 is 10.0 Å². The summed E-state index contributed by atoms with van der Waals surface area (Å²) >= 11 is 0. The third-order valence-corrected chi connectivity index (χ3v) is 5.17. The van der Waals surface area contributed by atoms with Crippen LogP contribution in [0.5, 0.6) is 0 Å². The summed E-state index contributed by atoms with van der Waals surface area (Å²) in [6.45, 7) is 6.55. The van der Waals surface area contributed by atoms with Crippen molar-refractivity contribution in [2.45, 2.75) is 45.3 Å². The second-order valence-electron chi connectivity index (χ2n) is 4.52. The van der Waals surface area contributed by atoms with Crippen LogP contribution in [-0.4, -0.2) is 30.9 Å². The molecule has 1 aromatic heterocycles. The summed E-state index contributed by atoms with van der Waals surface area (Å²) in [5.41, 5.74) is 0. The molecule has 1 aromatic rings. The summed E-state index contributed by atoms with van der Waals surface area (Å²) in [5.74, 6) is 0.610. The van der Waals surface area contributed by atoms with Crippen LogP contribution in [0, 0.1) is 5.92 Å². The topological polar surface area (TPSA) is 70.8 Å². The summed E-state index contributed by atoms with van der Waals surface area (Å²) < 4.78 is 31.4. The van der Waals surface area contributed by atoms with Gasteiger partial charge in [0.15, 0.2) is 0 Å². The SMILES string of the molecule is CCC(CC)CN(CC)S(=O)(=O)c1ccc(CO)o1. The van der Waals surface area contributed by atoms with Gasteiger partial charge < -0.3 is 9.52 Å². The van der Waals surface area contributed by atoms with Gasteiger partial charge in [0, 0.05) is 13.1 Å². The Bertz CT molecular complexity index is 477. The molecule has 0 amide bonds. The second kappa shape index (κ2) is 7.07.